The van der Waals surface area contributed by atoms with Crippen LogP contribution in [0.4, 0.5) is 4.79 Å². The smallest absolute Gasteiger partial charge is 0.407 e. The fourth-order valence-corrected chi connectivity index (χ4v) is 2.31. The Hall–Kier alpha value is -3.22. The van der Waals surface area contributed by atoms with Gasteiger partial charge in [0.15, 0.2) is 6.04 Å². The molecule has 2 N–H and O–H groups in total. The third-order valence-corrected chi connectivity index (χ3v) is 3.77. The first kappa shape index (κ1) is 20.1. The minimum absolute atomic E-state index is 0.160. The van der Waals surface area contributed by atoms with Crippen molar-refractivity contribution in [1.82, 2.24) is 5.32 Å². The lowest BCUT2D eigenvalue weighted by atomic mass is 10.1. The molecule has 2 aromatic carbocycles. The second-order valence-electron chi connectivity index (χ2n) is 6.05. The molecule has 0 heterocycles. The van der Waals surface area contributed by atoms with Crippen molar-refractivity contribution in [2.45, 2.75) is 32.0 Å². The minimum Gasteiger partial charge on any atom is -0.480 e. The molecule has 27 heavy (non-hydrogen) atoms. The van der Waals surface area contributed by atoms with Gasteiger partial charge in [0.1, 0.15) is 6.61 Å². The highest BCUT2D eigenvalue weighted by Gasteiger charge is 2.15. The van der Waals surface area contributed by atoms with E-state index in [1.165, 1.54) is 6.92 Å². The average molecular weight is 369 g/mol. The van der Waals surface area contributed by atoms with Crippen LogP contribution in [-0.2, 0) is 22.6 Å². The first-order valence-corrected chi connectivity index (χ1v) is 8.65. The van der Waals surface area contributed by atoms with Crippen molar-refractivity contribution < 1.29 is 19.4 Å². The zero-order valence-electron chi connectivity index (χ0n) is 15.1. The Bertz CT molecular complexity index is 750. The number of amides is 1. The highest BCUT2D eigenvalue weighted by molar-refractivity contribution is 5.72. The van der Waals surface area contributed by atoms with Gasteiger partial charge in [-0.1, -0.05) is 60.7 Å². The highest BCUT2D eigenvalue weighted by Crippen LogP contribution is 2.06. The molecule has 7 nitrogen and oxygen atoms in total. The number of carbonyl (C=O) groups is 2. The summed E-state index contributed by atoms with van der Waals surface area (Å²) >= 11 is 0. The molecule has 0 aliphatic heterocycles. The molecule has 0 fully saturated rings. The van der Waals surface area contributed by atoms with Crippen LogP contribution >= 0.6 is 0 Å². The first-order chi connectivity index (χ1) is 13.0. The van der Waals surface area contributed by atoms with Crippen molar-refractivity contribution in [2.75, 3.05) is 6.54 Å². The summed E-state index contributed by atoms with van der Waals surface area (Å²) in [5, 5.41) is 19.3. The van der Waals surface area contributed by atoms with Crippen molar-refractivity contribution in [3.05, 3.63) is 71.8 Å². The number of carboxylic acid groups (broad SMARTS) is 1. The summed E-state index contributed by atoms with van der Waals surface area (Å²) in [6.45, 7) is 1.77. The monoisotopic (exact) mass is 369 g/mol. The van der Waals surface area contributed by atoms with Crippen molar-refractivity contribution >= 4 is 12.1 Å². The quantitative estimate of drug-likeness (QED) is 0.661. The molecule has 142 valence electrons. The molecule has 0 radical (unpaired) electrons. The molecule has 0 saturated carbocycles. The molecule has 0 bridgehead atoms. The Morgan fingerprint density at radius 1 is 1.04 bits per heavy atom. The number of hydrogen-bond donors (Lipinski definition) is 2. The van der Waals surface area contributed by atoms with Gasteiger partial charge in [0, 0.05) is 0 Å². The van der Waals surface area contributed by atoms with E-state index in [0.29, 0.717) is 6.42 Å². The number of carbonyl (C=O) groups excluding carboxylic acids is 1. The van der Waals surface area contributed by atoms with Crippen LogP contribution in [0.3, 0.4) is 0 Å². The van der Waals surface area contributed by atoms with E-state index in [0.717, 1.165) is 11.1 Å². The van der Waals surface area contributed by atoms with E-state index in [2.05, 4.69) is 15.5 Å². The van der Waals surface area contributed by atoms with Gasteiger partial charge in [-0.2, -0.15) is 10.2 Å². The van der Waals surface area contributed by atoms with E-state index >= 15 is 0 Å². The second-order valence-corrected chi connectivity index (χ2v) is 6.05. The van der Waals surface area contributed by atoms with Crippen molar-refractivity contribution in [3.63, 3.8) is 0 Å². The summed E-state index contributed by atoms with van der Waals surface area (Å²) in [7, 11) is 0. The number of aliphatic carboxylic acids is 1. The van der Waals surface area contributed by atoms with Gasteiger partial charge in [-0.05, 0) is 24.5 Å². The van der Waals surface area contributed by atoms with Crippen molar-refractivity contribution in [3.8, 4) is 0 Å². The summed E-state index contributed by atoms with van der Waals surface area (Å²) in [6.07, 6.45) is -0.0249. The van der Waals surface area contributed by atoms with Crippen LogP contribution in [0.5, 0.6) is 0 Å². The van der Waals surface area contributed by atoms with E-state index in [-0.39, 0.29) is 19.2 Å². The molecular formula is C20H23N3O4. The lowest BCUT2D eigenvalue weighted by Gasteiger charge is -2.17. The SMILES string of the molecule is C[C@@H](/N=N\CC(Cc1ccccc1)NC(=O)OCc1ccccc1)C(=O)O. The van der Waals surface area contributed by atoms with Gasteiger partial charge in [-0.25, -0.2) is 9.59 Å². The zero-order chi connectivity index (χ0) is 19.5. The molecule has 2 aromatic rings. The number of benzene rings is 2. The normalized spacial score (nSPS) is 13.1. The first-order valence-electron chi connectivity index (χ1n) is 8.65. The maximum atomic E-state index is 12.1. The van der Waals surface area contributed by atoms with Crippen LogP contribution in [0.15, 0.2) is 70.9 Å². The molecular weight excluding hydrogens is 346 g/mol. The van der Waals surface area contributed by atoms with E-state index in [9.17, 15) is 9.59 Å². The number of hydrogen-bond acceptors (Lipinski definition) is 5. The number of nitrogens with one attached hydrogen (secondary N) is 1. The fourth-order valence-electron chi connectivity index (χ4n) is 2.31. The Morgan fingerprint density at radius 2 is 1.63 bits per heavy atom. The van der Waals surface area contributed by atoms with Gasteiger partial charge >= 0.3 is 12.1 Å². The summed E-state index contributed by atoms with van der Waals surface area (Å²) < 4.78 is 5.25. The van der Waals surface area contributed by atoms with Gasteiger partial charge in [0.05, 0.1) is 12.6 Å². The third-order valence-electron chi connectivity index (χ3n) is 3.77. The minimum atomic E-state index is -1.05. The maximum Gasteiger partial charge on any atom is 0.407 e. The standard InChI is InChI=1S/C20H23N3O4/c1-15(19(24)25)23-21-13-18(12-16-8-4-2-5-9-16)22-20(26)27-14-17-10-6-3-7-11-17/h2-11,15,18H,12-14H2,1H3,(H,22,26)(H,24,25)/b23-21-/t15-,18?/m1/s1. The van der Waals surface area contributed by atoms with Crippen molar-refractivity contribution in [2.24, 2.45) is 10.2 Å². The van der Waals surface area contributed by atoms with Gasteiger partial charge < -0.3 is 15.2 Å². The Morgan fingerprint density at radius 3 is 2.22 bits per heavy atom. The average Bonchev–Trinajstić information content (AvgIpc) is 2.67. The lowest BCUT2D eigenvalue weighted by molar-refractivity contribution is -0.138. The van der Waals surface area contributed by atoms with E-state index in [1.807, 2.05) is 60.7 Å². The van der Waals surface area contributed by atoms with Gasteiger partial charge in [-0.15, -0.1) is 0 Å². The molecule has 2 rings (SSSR count). The summed E-state index contributed by atoms with van der Waals surface area (Å²) in [5.41, 5.74) is 1.91. The molecule has 0 aromatic heterocycles. The van der Waals surface area contributed by atoms with Crippen molar-refractivity contribution in [1.29, 1.82) is 0 Å². The highest BCUT2D eigenvalue weighted by atomic mass is 16.5. The topological polar surface area (TPSA) is 100 Å². The number of carboxylic acids is 1. The number of rotatable bonds is 9. The van der Waals surface area contributed by atoms with Crippen LogP contribution < -0.4 is 5.32 Å². The summed E-state index contributed by atoms with van der Waals surface area (Å²) in [6, 6.07) is 17.7. The van der Waals surface area contributed by atoms with Gasteiger partial charge in [0.2, 0.25) is 0 Å². The molecule has 1 unspecified atom stereocenters. The predicted molar refractivity (Wildman–Crippen MR) is 101 cm³/mol. The Labute approximate surface area is 158 Å². The number of azo groups is 1. The zero-order valence-corrected chi connectivity index (χ0v) is 15.1. The molecule has 1 amide bonds. The Kier molecular flexibility index (Phi) is 7.96. The maximum absolute atomic E-state index is 12.1. The van der Waals surface area contributed by atoms with E-state index in [4.69, 9.17) is 9.84 Å². The Balaban J connectivity index is 1.93. The van der Waals surface area contributed by atoms with Gasteiger partial charge in [-0.3, -0.25) is 0 Å². The van der Waals surface area contributed by atoms with Crippen LogP contribution in [-0.4, -0.2) is 35.8 Å². The van der Waals surface area contributed by atoms with Crippen LogP contribution in [0.1, 0.15) is 18.1 Å². The van der Waals surface area contributed by atoms with Gasteiger partial charge in [0.25, 0.3) is 0 Å². The molecule has 0 saturated heterocycles. The third kappa shape index (κ3) is 7.68. The molecule has 2 atom stereocenters. The van der Waals surface area contributed by atoms with Crippen LogP contribution in [0.25, 0.3) is 0 Å². The number of alkyl carbamates (subject to hydrolysis) is 1. The van der Waals surface area contributed by atoms with E-state index < -0.39 is 18.1 Å². The second kappa shape index (κ2) is 10.7. The number of nitrogens with zero attached hydrogens (tertiary/aromatic N) is 2. The molecule has 7 heteroatoms. The van der Waals surface area contributed by atoms with E-state index in [1.54, 1.807) is 0 Å². The predicted octanol–water partition coefficient (Wildman–Crippen LogP) is 3.45. The molecule has 0 aliphatic carbocycles. The lowest BCUT2D eigenvalue weighted by Crippen LogP contribution is -2.39. The molecule has 0 aliphatic rings. The summed E-state index contributed by atoms with van der Waals surface area (Å²) in [5.74, 6) is -1.05. The molecule has 0 spiro atoms. The van der Waals surface area contributed by atoms with Crippen LogP contribution in [0, 0.1) is 0 Å². The number of ether oxygens (including phenoxy) is 1. The largest absolute Gasteiger partial charge is 0.480 e. The summed E-state index contributed by atoms with van der Waals surface area (Å²) in [4.78, 5) is 22.9. The van der Waals surface area contributed by atoms with Crippen LogP contribution in [0.2, 0.25) is 0 Å². The fraction of sp³-hybridized carbons (Fsp3) is 0.300.